The number of ketones is 1. The van der Waals surface area contributed by atoms with Crippen molar-refractivity contribution < 1.29 is 14.7 Å². The van der Waals surface area contributed by atoms with Crippen molar-refractivity contribution in [1.82, 2.24) is 4.90 Å². The van der Waals surface area contributed by atoms with E-state index >= 15 is 0 Å². The second-order valence-corrected chi connectivity index (χ2v) is 10.2. The normalized spacial score (nSPS) is 18.9. The van der Waals surface area contributed by atoms with E-state index in [2.05, 4.69) is 6.92 Å². The first-order chi connectivity index (χ1) is 16.1. The minimum atomic E-state index is -0.277. The van der Waals surface area contributed by atoms with E-state index in [-0.39, 0.29) is 35.6 Å². The number of hydrogen-bond acceptors (Lipinski definition) is 3. The van der Waals surface area contributed by atoms with E-state index in [4.69, 9.17) is 0 Å². The summed E-state index contributed by atoms with van der Waals surface area (Å²) in [5, 5.41) is 10.3. The van der Waals surface area contributed by atoms with Crippen molar-refractivity contribution >= 4 is 11.7 Å². The van der Waals surface area contributed by atoms with E-state index in [9.17, 15) is 14.7 Å². The number of amides is 1. The lowest BCUT2D eigenvalue weighted by atomic mass is 10.0. The number of unbranched alkanes of at least 4 members (excludes halogenated alkanes) is 15. The van der Waals surface area contributed by atoms with Crippen molar-refractivity contribution in [1.29, 1.82) is 0 Å². The molecule has 188 valence electrons. The predicted octanol–water partition coefficient (Wildman–Crippen LogP) is 7.97. The van der Waals surface area contributed by atoms with Crippen molar-refractivity contribution in [3.63, 3.8) is 0 Å². The maximum Gasteiger partial charge on any atom is 0.261 e. The smallest absolute Gasteiger partial charge is 0.261 e. The fraction of sp³-hybridized carbons (Fsp3) is 0.793. The highest BCUT2D eigenvalue weighted by Gasteiger charge is 2.40. The Morgan fingerprint density at radius 1 is 0.818 bits per heavy atom. The molecule has 0 aromatic heterocycles. The maximum absolute atomic E-state index is 12.6. The van der Waals surface area contributed by atoms with Crippen LogP contribution in [0.5, 0.6) is 0 Å². The average molecular weight is 460 g/mol. The fourth-order valence-electron chi connectivity index (χ4n) is 5.24. The van der Waals surface area contributed by atoms with Gasteiger partial charge in [0.15, 0.2) is 5.78 Å². The van der Waals surface area contributed by atoms with E-state index in [1.54, 1.807) is 11.0 Å². The summed E-state index contributed by atoms with van der Waals surface area (Å²) in [5.74, 6) is -0.659. The molecule has 33 heavy (non-hydrogen) atoms. The first-order valence-corrected chi connectivity index (χ1v) is 14.1. The molecule has 0 spiro atoms. The Bertz CT molecular complexity index is 631. The summed E-state index contributed by atoms with van der Waals surface area (Å²) in [6, 6.07) is 0.177. The zero-order chi connectivity index (χ0) is 23.7. The van der Waals surface area contributed by atoms with Crippen LogP contribution >= 0.6 is 0 Å². The molecule has 0 aromatic carbocycles. The molecule has 1 aliphatic carbocycles. The standard InChI is InChI=1S/C29H49NO3/c1-2-3-4-5-6-7-8-9-10-11-12-13-14-15-16-17-18-23-26(31)28-27(32)24-30(29(28)33)25-21-19-20-22-25/h18,23,25,31H,2-17,19-22,24H2,1H3. The summed E-state index contributed by atoms with van der Waals surface area (Å²) in [6.07, 6.45) is 28.8. The van der Waals surface area contributed by atoms with E-state index in [0.29, 0.717) is 0 Å². The van der Waals surface area contributed by atoms with E-state index in [0.717, 1.165) is 38.5 Å². The molecule has 1 N–H and O–H groups in total. The van der Waals surface area contributed by atoms with Crippen molar-refractivity contribution in [2.45, 2.75) is 141 Å². The monoisotopic (exact) mass is 459 g/mol. The molecule has 1 saturated heterocycles. The Labute approximate surface area is 202 Å². The number of hydrogen-bond donors (Lipinski definition) is 1. The molecule has 2 fully saturated rings. The first-order valence-electron chi connectivity index (χ1n) is 14.1. The number of Topliss-reactive ketones (excluding diaryl/α,β-unsaturated/α-hetero) is 1. The van der Waals surface area contributed by atoms with Crippen LogP contribution in [0.25, 0.3) is 0 Å². The Morgan fingerprint density at radius 2 is 1.30 bits per heavy atom. The maximum atomic E-state index is 12.6. The van der Waals surface area contributed by atoms with Gasteiger partial charge in [-0.2, -0.15) is 0 Å². The summed E-state index contributed by atoms with van der Waals surface area (Å²) in [4.78, 5) is 26.5. The number of rotatable bonds is 18. The molecule has 4 nitrogen and oxygen atoms in total. The highest BCUT2D eigenvalue weighted by atomic mass is 16.3. The second-order valence-electron chi connectivity index (χ2n) is 10.2. The van der Waals surface area contributed by atoms with E-state index < -0.39 is 0 Å². The van der Waals surface area contributed by atoms with Crippen LogP contribution in [0.3, 0.4) is 0 Å². The molecule has 0 unspecified atom stereocenters. The lowest BCUT2D eigenvalue weighted by molar-refractivity contribution is -0.126. The number of likely N-dealkylation sites (tertiary alicyclic amines) is 1. The molecule has 2 rings (SSSR count). The van der Waals surface area contributed by atoms with Gasteiger partial charge in [-0.25, -0.2) is 0 Å². The van der Waals surface area contributed by atoms with Crippen molar-refractivity contribution in [3.8, 4) is 0 Å². The van der Waals surface area contributed by atoms with Crippen LogP contribution in [-0.2, 0) is 9.59 Å². The first kappa shape index (κ1) is 27.7. The van der Waals surface area contributed by atoms with Crippen molar-refractivity contribution in [2.24, 2.45) is 0 Å². The van der Waals surface area contributed by atoms with Crippen LogP contribution < -0.4 is 0 Å². The molecule has 0 aromatic rings. The van der Waals surface area contributed by atoms with Gasteiger partial charge in [0.2, 0.25) is 0 Å². The lowest BCUT2D eigenvalue weighted by Gasteiger charge is -2.21. The van der Waals surface area contributed by atoms with Crippen LogP contribution in [0.2, 0.25) is 0 Å². The Balaban J connectivity index is 1.46. The summed E-state index contributed by atoms with van der Waals surface area (Å²) in [5.41, 5.74) is -0.00496. The average Bonchev–Trinajstić information content (AvgIpc) is 3.43. The van der Waals surface area contributed by atoms with Crippen LogP contribution in [0.1, 0.15) is 135 Å². The van der Waals surface area contributed by atoms with Gasteiger partial charge in [-0.15, -0.1) is 0 Å². The Kier molecular flexibility index (Phi) is 14.2. The molecule has 1 heterocycles. The molecule has 4 heteroatoms. The van der Waals surface area contributed by atoms with Gasteiger partial charge in [0.05, 0.1) is 6.54 Å². The Morgan fingerprint density at radius 3 is 1.82 bits per heavy atom. The predicted molar refractivity (Wildman–Crippen MR) is 137 cm³/mol. The van der Waals surface area contributed by atoms with Crippen molar-refractivity contribution in [2.75, 3.05) is 6.54 Å². The molecular weight excluding hydrogens is 410 g/mol. The van der Waals surface area contributed by atoms with Crippen molar-refractivity contribution in [3.05, 3.63) is 23.5 Å². The highest BCUT2D eigenvalue weighted by molar-refractivity contribution is 6.25. The number of nitrogens with zero attached hydrogens (tertiary/aromatic N) is 1. The SMILES string of the molecule is CCCCCCCCCCCCCCCCCC=CC(O)=C1C(=O)CN(C2CCCC2)C1=O. The molecule has 1 saturated carbocycles. The van der Waals surface area contributed by atoms with Gasteiger partial charge in [0.1, 0.15) is 11.3 Å². The third kappa shape index (κ3) is 10.5. The van der Waals surface area contributed by atoms with Gasteiger partial charge in [-0.3, -0.25) is 9.59 Å². The lowest BCUT2D eigenvalue weighted by Crippen LogP contribution is -2.34. The Hall–Kier alpha value is -1.58. The van der Waals surface area contributed by atoms with Gasteiger partial charge in [0, 0.05) is 6.04 Å². The molecule has 1 aliphatic heterocycles. The van der Waals surface area contributed by atoms with Crippen LogP contribution in [0.4, 0.5) is 0 Å². The van der Waals surface area contributed by atoms with E-state index in [1.807, 2.05) is 6.08 Å². The van der Waals surface area contributed by atoms with Crippen LogP contribution in [-0.4, -0.2) is 34.3 Å². The zero-order valence-corrected chi connectivity index (χ0v) is 21.3. The molecular formula is C29H49NO3. The molecule has 1 amide bonds. The fourth-order valence-corrected chi connectivity index (χ4v) is 5.24. The topological polar surface area (TPSA) is 57.6 Å². The minimum Gasteiger partial charge on any atom is -0.507 e. The third-order valence-corrected chi connectivity index (χ3v) is 7.34. The van der Waals surface area contributed by atoms with Crippen LogP contribution in [0.15, 0.2) is 23.5 Å². The largest absolute Gasteiger partial charge is 0.507 e. The van der Waals surface area contributed by atoms with Gasteiger partial charge in [-0.05, 0) is 31.8 Å². The quantitative estimate of drug-likeness (QED) is 0.0978. The number of carbonyl (C=O) groups excluding carboxylic acids is 2. The number of aliphatic hydroxyl groups is 1. The molecule has 2 aliphatic rings. The molecule has 0 radical (unpaired) electrons. The second kappa shape index (κ2) is 16.9. The summed E-state index contributed by atoms with van der Waals surface area (Å²) < 4.78 is 0. The number of allylic oxidation sites excluding steroid dienone is 2. The van der Waals surface area contributed by atoms with Gasteiger partial charge < -0.3 is 10.0 Å². The van der Waals surface area contributed by atoms with E-state index in [1.165, 1.54) is 89.9 Å². The summed E-state index contributed by atoms with van der Waals surface area (Å²) in [7, 11) is 0. The highest BCUT2D eigenvalue weighted by Crippen LogP contribution is 2.29. The third-order valence-electron chi connectivity index (χ3n) is 7.34. The number of aliphatic hydroxyl groups excluding tert-OH is 1. The molecule has 0 bridgehead atoms. The van der Waals surface area contributed by atoms with Crippen LogP contribution in [0, 0.1) is 0 Å². The zero-order valence-electron chi connectivity index (χ0n) is 21.3. The summed E-state index contributed by atoms with van der Waals surface area (Å²) in [6.45, 7) is 2.41. The van der Waals surface area contributed by atoms with Gasteiger partial charge in [-0.1, -0.05) is 116 Å². The van der Waals surface area contributed by atoms with Gasteiger partial charge >= 0.3 is 0 Å². The summed E-state index contributed by atoms with van der Waals surface area (Å²) >= 11 is 0. The minimum absolute atomic E-state index is 0.00496. The van der Waals surface area contributed by atoms with Gasteiger partial charge in [0.25, 0.3) is 5.91 Å². The molecule has 0 atom stereocenters. The number of carbonyl (C=O) groups is 2.